The molecule has 8 nitrogen and oxygen atoms in total. The van der Waals surface area contributed by atoms with Gasteiger partial charge in [0.25, 0.3) is 0 Å². The van der Waals surface area contributed by atoms with Gasteiger partial charge in [-0.2, -0.15) is 0 Å². The van der Waals surface area contributed by atoms with Gasteiger partial charge >= 0.3 is 0 Å². The van der Waals surface area contributed by atoms with Gasteiger partial charge in [-0.05, 0) is 55.5 Å². The number of hydrogen-bond donors (Lipinski definition) is 3. The van der Waals surface area contributed by atoms with E-state index in [9.17, 15) is 14.4 Å². The summed E-state index contributed by atoms with van der Waals surface area (Å²) in [6.07, 6.45) is 5.17. The van der Waals surface area contributed by atoms with Gasteiger partial charge in [-0.15, -0.1) is 11.8 Å². The number of rotatable bonds is 10. The number of amides is 3. The smallest absolute Gasteiger partial charge is 0.246 e. The molecule has 0 saturated carbocycles. The van der Waals surface area contributed by atoms with E-state index in [2.05, 4.69) is 48.9 Å². The van der Waals surface area contributed by atoms with Crippen molar-refractivity contribution in [2.45, 2.75) is 102 Å². The van der Waals surface area contributed by atoms with E-state index in [1.54, 1.807) is 30.6 Å². The van der Waals surface area contributed by atoms with Crippen LogP contribution in [0.25, 0.3) is 0 Å². The zero-order chi connectivity index (χ0) is 27.4. The van der Waals surface area contributed by atoms with Crippen LogP contribution in [-0.4, -0.2) is 71.6 Å². The van der Waals surface area contributed by atoms with Gasteiger partial charge in [0.2, 0.25) is 17.7 Å². The Morgan fingerprint density at radius 1 is 1.21 bits per heavy atom. The predicted molar refractivity (Wildman–Crippen MR) is 151 cm³/mol. The number of nitrogens with zero attached hydrogens (tertiary/aromatic N) is 1. The Balaban J connectivity index is 1.55. The van der Waals surface area contributed by atoms with E-state index < -0.39 is 23.5 Å². The third-order valence-corrected chi connectivity index (χ3v) is 9.50. The zero-order valence-corrected chi connectivity index (χ0v) is 24.2. The van der Waals surface area contributed by atoms with Crippen molar-refractivity contribution in [1.29, 1.82) is 0 Å². The summed E-state index contributed by atoms with van der Waals surface area (Å²) in [5.41, 5.74) is 1.89. The number of unbranched alkanes of at least 4 members (excludes halogenated alkanes) is 2. The standard InChI is InChI=1S/C29H44N4O4S/c1-6-7-10-14-37-22-16-19-11-8-9-12-20(19)24(22)32-27(35)25-29(3,4)17-23-33(25)28(36)21(13-15-38-23)31-26(34)18(2)30-5/h8-9,11-12,18,21-25,30H,6-7,10,13-17H2,1-5H3,(H,31,34)(H,32,35)/t18-,21-,22+,23-,24-,25+/m0/s1. The van der Waals surface area contributed by atoms with Crippen LogP contribution in [0.5, 0.6) is 0 Å². The zero-order valence-electron chi connectivity index (χ0n) is 23.4. The fourth-order valence-electron chi connectivity index (χ4n) is 5.98. The molecule has 3 amide bonds. The number of carbonyl (C=O) groups is 3. The van der Waals surface area contributed by atoms with E-state index in [1.165, 1.54) is 5.56 Å². The van der Waals surface area contributed by atoms with Crippen molar-refractivity contribution in [3.63, 3.8) is 0 Å². The summed E-state index contributed by atoms with van der Waals surface area (Å²) in [6.45, 7) is 8.74. The van der Waals surface area contributed by atoms with Crippen molar-refractivity contribution in [3.05, 3.63) is 35.4 Å². The first-order chi connectivity index (χ1) is 18.2. The van der Waals surface area contributed by atoms with E-state index in [0.29, 0.717) is 13.0 Å². The predicted octanol–water partition coefficient (Wildman–Crippen LogP) is 3.16. The monoisotopic (exact) mass is 544 g/mol. The third-order valence-electron chi connectivity index (χ3n) is 8.25. The molecule has 2 fully saturated rings. The minimum absolute atomic E-state index is 0.0890. The van der Waals surface area contributed by atoms with Crippen LogP contribution in [0, 0.1) is 5.41 Å². The molecule has 9 heteroatoms. The van der Waals surface area contributed by atoms with Crippen LogP contribution in [0.3, 0.4) is 0 Å². The highest BCUT2D eigenvalue weighted by atomic mass is 32.2. The second-order valence-electron chi connectivity index (χ2n) is 11.5. The van der Waals surface area contributed by atoms with Crippen molar-refractivity contribution in [2.24, 2.45) is 5.41 Å². The number of ether oxygens (including phenoxy) is 1. The van der Waals surface area contributed by atoms with Gasteiger partial charge in [0, 0.05) is 13.0 Å². The van der Waals surface area contributed by atoms with Gasteiger partial charge in [-0.1, -0.05) is 57.9 Å². The average molecular weight is 545 g/mol. The topological polar surface area (TPSA) is 99.8 Å². The van der Waals surface area contributed by atoms with Crippen LogP contribution in [0.1, 0.15) is 77.0 Å². The summed E-state index contributed by atoms with van der Waals surface area (Å²) in [7, 11) is 1.72. The molecule has 4 rings (SSSR count). The average Bonchev–Trinajstić information content (AvgIpc) is 3.32. The van der Waals surface area contributed by atoms with Crippen molar-refractivity contribution in [2.75, 3.05) is 19.4 Å². The Morgan fingerprint density at radius 2 is 1.97 bits per heavy atom. The van der Waals surface area contributed by atoms with Gasteiger partial charge in [-0.25, -0.2) is 0 Å². The molecule has 38 heavy (non-hydrogen) atoms. The van der Waals surface area contributed by atoms with E-state index in [-0.39, 0.29) is 35.2 Å². The van der Waals surface area contributed by atoms with Gasteiger partial charge < -0.3 is 25.6 Å². The number of hydrogen-bond acceptors (Lipinski definition) is 6. The normalized spacial score (nSPS) is 28.8. The Hall–Kier alpha value is -2.10. The van der Waals surface area contributed by atoms with Crippen LogP contribution >= 0.6 is 11.8 Å². The molecule has 2 aliphatic heterocycles. The molecular weight excluding hydrogens is 500 g/mol. The Kier molecular flexibility index (Phi) is 9.42. The quantitative estimate of drug-likeness (QED) is 0.392. The van der Waals surface area contributed by atoms with Crippen LogP contribution in [-0.2, 0) is 25.5 Å². The van der Waals surface area contributed by atoms with Crippen LogP contribution in [0.2, 0.25) is 0 Å². The number of fused-ring (bicyclic) bond motifs is 2. The lowest BCUT2D eigenvalue weighted by molar-refractivity contribution is -0.144. The van der Waals surface area contributed by atoms with Crippen molar-refractivity contribution < 1.29 is 19.1 Å². The lowest BCUT2D eigenvalue weighted by Crippen LogP contribution is -2.58. The second-order valence-corrected chi connectivity index (χ2v) is 12.8. The molecule has 2 saturated heterocycles. The molecule has 2 heterocycles. The summed E-state index contributed by atoms with van der Waals surface area (Å²) < 4.78 is 6.30. The highest BCUT2D eigenvalue weighted by Gasteiger charge is 2.55. The van der Waals surface area contributed by atoms with E-state index in [4.69, 9.17) is 4.74 Å². The molecule has 3 N–H and O–H groups in total. The fourth-order valence-corrected chi connectivity index (χ4v) is 7.56. The van der Waals surface area contributed by atoms with Crippen molar-refractivity contribution in [1.82, 2.24) is 20.9 Å². The van der Waals surface area contributed by atoms with Gasteiger partial charge in [0.1, 0.15) is 12.1 Å². The summed E-state index contributed by atoms with van der Waals surface area (Å²) in [5, 5.41) is 9.08. The molecular formula is C29H44N4O4S. The second kappa shape index (κ2) is 12.4. The lowest BCUT2D eigenvalue weighted by atomic mass is 9.83. The van der Waals surface area contributed by atoms with E-state index in [1.807, 2.05) is 12.1 Å². The maximum atomic E-state index is 14.1. The first kappa shape index (κ1) is 28.9. The van der Waals surface area contributed by atoms with Gasteiger partial charge in [0.05, 0.1) is 23.6 Å². The summed E-state index contributed by atoms with van der Waals surface area (Å²) in [4.78, 5) is 42.3. The van der Waals surface area contributed by atoms with Gasteiger partial charge in [0.15, 0.2) is 0 Å². The molecule has 0 aromatic heterocycles. The molecule has 6 atom stereocenters. The van der Waals surface area contributed by atoms with Crippen molar-refractivity contribution in [3.8, 4) is 0 Å². The minimum Gasteiger partial charge on any atom is -0.375 e. The first-order valence-corrected chi connectivity index (χ1v) is 15.1. The molecule has 0 bridgehead atoms. The summed E-state index contributed by atoms with van der Waals surface area (Å²) in [6, 6.07) is 6.28. The highest BCUT2D eigenvalue weighted by Crippen LogP contribution is 2.46. The largest absolute Gasteiger partial charge is 0.375 e. The summed E-state index contributed by atoms with van der Waals surface area (Å²) in [5.74, 6) is 0.228. The van der Waals surface area contributed by atoms with Crippen LogP contribution < -0.4 is 16.0 Å². The molecule has 3 aliphatic rings. The number of nitrogens with one attached hydrogen (secondary N) is 3. The molecule has 1 aromatic rings. The molecule has 210 valence electrons. The molecule has 0 spiro atoms. The van der Waals surface area contributed by atoms with E-state index in [0.717, 1.165) is 43.4 Å². The molecule has 0 radical (unpaired) electrons. The lowest BCUT2D eigenvalue weighted by Gasteiger charge is -2.35. The maximum absolute atomic E-state index is 14.1. The van der Waals surface area contributed by atoms with E-state index >= 15 is 0 Å². The number of carbonyl (C=O) groups excluding carboxylic acids is 3. The number of benzene rings is 1. The van der Waals surface area contributed by atoms with Crippen LogP contribution in [0.4, 0.5) is 0 Å². The molecule has 1 aliphatic carbocycles. The van der Waals surface area contributed by atoms with Crippen molar-refractivity contribution >= 4 is 29.5 Å². The Labute approximate surface area is 231 Å². The maximum Gasteiger partial charge on any atom is 0.246 e. The Bertz CT molecular complexity index is 1020. The van der Waals surface area contributed by atoms with Gasteiger partial charge in [-0.3, -0.25) is 14.4 Å². The SMILES string of the molecule is CCCCCO[C@@H]1Cc2ccccc2[C@@H]1NC(=O)[C@H]1N2C(=O)[C@@H](NC(=O)[C@H](C)NC)CCS[C@H]2CC1(C)C. The summed E-state index contributed by atoms with van der Waals surface area (Å²) >= 11 is 1.71. The molecule has 1 aromatic carbocycles. The first-order valence-electron chi connectivity index (χ1n) is 14.1. The Morgan fingerprint density at radius 3 is 2.71 bits per heavy atom. The van der Waals surface area contributed by atoms with Crippen LogP contribution in [0.15, 0.2) is 24.3 Å². The number of likely N-dealkylation sites (N-methyl/N-ethyl adjacent to an activating group) is 1. The number of thioether (sulfide) groups is 1. The fraction of sp³-hybridized carbons (Fsp3) is 0.690. The highest BCUT2D eigenvalue weighted by molar-refractivity contribution is 7.99. The third kappa shape index (κ3) is 6.05. The minimum atomic E-state index is -0.637. The molecule has 0 unspecified atom stereocenters.